The van der Waals surface area contributed by atoms with Gasteiger partial charge >= 0.3 is 0 Å². The molecule has 0 bridgehead atoms. The van der Waals surface area contributed by atoms with Gasteiger partial charge in [0.05, 0.1) is 17.6 Å². The number of nitrogens with one attached hydrogen (secondary N) is 2. The lowest BCUT2D eigenvalue weighted by Gasteiger charge is -2.17. The third-order valence-electron chi connectivity index (χ3n) is 3.78. The second kappa shape index (κ2) is 5.31. The second-order valence-electron chi connectivity index (χ2n) is 5.54. The lowest BCUT2D eigenvalue weighted by molar-refractivity contribution is 0.278. The van der Waals surface area contributed by atoms with Gasteiger partial charge in [-0.2, -0.15) is 0 Å². The zero-order valence-corrected chi connectivity index (χ0v) is 11.8. The van der Waals surface area contributed by atoms with Crippen molar-refractivity contribution >= 4 is 11.0 Å². The Labute approximate surface area is 114 Å². The van der Waals surface area contributed by atoms with Crippen molar-refractivity contribution in [1.29, 1.82) is 0 Å². The highest BCUT2D eigenvalue weighted by molar-refractivity contribution is 5.79. The van der Waals surface area contributed by atoms with Crippen molar-refractivity contribution in [1.82, 2.24) is 20.2 Å². The molecule has 1 aliphatic heterocycles. The summed E-state index contributed by atoms with van der Waals surface area (Å²) in [6, 6.07) is 4.38. The minimum Gasteiger partial charge on any atom is -0.341 e. The van der Waals surface area contributed by atoms with E-state index in [1.165, 1.54) is 23.1 Å². The van der Waals surface area contributed by atoms with Gasteiger partial charge in [-0.3, -0.25) is 4.90 Å². The Bertz CT molecular complexity index is 565. The molecular formula is C15H22N4. The van der Waals surface area contributed by atoms with Gasteiger partial charge in [-0.05, 0) is 50.6 Å². The highest BCUT2D eigenvalue weighted by Crippen LogP contribution is 2.19. The fourth-order valence-electron chi connectivity index (χ4n) is 2.87. The quantitative estimate of drug-likeness (QED) is 0.865. The Morgan fingerprint density at radius 3 is 3.00 bits per heavy atom. The fourth-order valence-corrected chi connectivity index (χ4v) is 2.87. The molecule has 2 N–H and O–H groups in total. The number of aryl methyl sites for hydroxylation is 2. The summed E-state index contributed by atoms with van der Waals surface area (Å²) in [7, 11) is 0. The number of hydrogen-bond acceptors (Lipinski definition) is 3. The Hall–Kier alpha value is -1.39. The van der Waals surface area contributed by atoms with E-state index in [-0.39, 0.29) is 0 Å². The van der Waals surface area contributed by atoms with Crippen LogP contribution in [-0.2, 0) is 6.54 Å². The van der Waals surface area contributed by atoms with Crippen LogP contribution in [0.15, 0.2) is 12.1 Å². The SMILES string of the molecule is Cc1cc(C)c2nc(CN3CCCNCC3)[nH]c2c1. The molecule has 1 aromatic carbocycles. The molecule has 2 aromatic rings. The molecule has 4 nitrogen and oxygen atoms in total. The summed E-state index contributed by atoms with van der Waals surface area (Å²) in [5.41, 5.74) is 4.84. The standard InChI is InChI=1S/C15H22N4/c1-11-8-12(2)15-13(9-11)17-14(18-15)10-19-6-3-4-16-5-7-19/h8-9,16H,3-7,10H2,1-2H3,(H,17,18). The number of nitrogens with zero attached hydrogens (tertiary/aromatic N) is 2. The van der Waals surface area contributed by atoms with Crippen molar-refractivity contribution in [2.45, 2.75) is 26.8 Å². The van der Waals surface area contributed by atoms with Gasteiger partial charge < -0.3 is 10.3 Å². The van der Waals surface area contributed by atoms with Gasteiger partial charge in [0.1, 0.15) is 5.82 Å². The summed E-state index contributed by atoms with van der Waals surface area (Å²) >= 11 is 0. The predicted molar refractivity (Wildman–Crippen MR) is 78.3 cm³/mol. The second-order valence-corrected chi connectivity index (χ2v) is 5.54. The number of aromatic amines is 1. The number of aromatic nitrogens is 2. The normalized spacial score (nSPS) is 17.8. The Morgan fingerprint density at radius 2 is 2.11 bits per heavy atom. The number of rotatable bonds is 2. The molecule has 0 atom stereocenters. The van der Waals surface area contributed by atoms with E-state index in [4.69, 9.17) is 4.98 Å². The minimum absolute atomic E-state index is 0.925. The molecule has 0 aliphatic carbocycles. The van der Waals surface area contributed by atoms with E-state index in [0.29, 0.717) is 0 Å². The van der Waals surface area contributed by atoms with Gasteiger partial charge in [-0.15, -0.1) is 0 Å². The molecule has 4 heteroatoms. The van der Waals surface area contributed by atoms with Gasteiger partial charge in [0, 0.05) is 13.1 Å². The van der Waals surface area contributed by atoms with E-state index in [9.17, 15) is 0 Å². The molecule has 1 saturated heterocycles. The third kappa shape index (κ3) is 2.80. The van der Waals surface area contributed by atoms with Crippen LogP contribution in [0.25, 0.3) is 11.0 Å². The van der Waals surface area contributed by atoms with Crippen LogP contribution in [0.1, 0.15) is 23.4 Å². The molecule has 102 valence electrons. The summed E-state index contributed by atoms with van der Waals surface area (Å²) in [6.07, 6.45) is 1.22. The molecule has 1 fully saturated rings. The van der Waals surface area contributed by atoms with Crippen LogP contribution < -0.4 is 5.32 Å². The van der Waals surface area contributed by atoms with Crippen LogP contribution in [0, 0.1) is 13.8 Å². The summed E-state index contributed by atoms with van der Waals surface area (Å²) in [6.45, 7) is 9.67. The largest absolute Gasteiger partial charge is 0.341 e. The van der Waals surface area contributed by atoms with Crippen molar-refractivity contribution in [2.24, 2.45) is 0 Å². The zero-order chi connectivity index (χ0) is 13.2. The average Bonchev–Trinajstić information content (AvgIpc) is 2.58. The average molecular weight is 258 g/mol. The smallest absolute Gasteiger partial charge is 0.121 e. The van der Waals surface area contributed by atoms with Gasteiger partial charge in [0.2, 0.25) is 0 Å². The molecule has 3 rings (SSSR count). The van der Waals surface area contributed by atoms with Gasteiger partial charge in [0.15, 0.2) is 0 Å². The van der Waals surface area contributed by atoms with Gasteiger partial charge in [-0.25, -0.2) is 4.98 Å². The van der Waals surface area contributed by atoms with E-state index in [1.807, 2.05) is 0 Å². The van der Waals surface area contributed by atoms with Crippen molar-refractivity contribution in [2.75, 3.05) is 26.2 Å². The van der Waals surface area contributed by atoms with Crippen LogP contribution >= 0.6 is 0 Å². The summed E-state index contributed by atoms with van der Waals surface area (Å²) in [4.78, 5) is 10.7. The van der Waals surface area contributed by atoms with Crippen molar-refractivity contribution in [3.63, 3.8) is 0 Å². The Balaban J connectivity index is 1.83. The highest BCUT2D eigenvalue weighted by Gasteiger charge is 2.12. The topological polar surface area (TPSA) is 44.0 Å². The summed E-state index contributed by atoms with van der Waals surface area (Å²) < 4.78 is 0. The van der Waals surface area contributed by atoms with Crippen molar-refractivity contribution in [3.8, 4) is 0 Å². The van der Waals surface area contributed by atoms with Gasteiger partial charge in [0.25, 0.3) is 0 Å². The lowest BCUT2D eigenvalue weighted by Crippen LogP contribution is -2.28. The first kappa shape index (κ1) is 12.6. The van der Waals surface area contributed by atoms with Crippen LogP contribution in [0.5, 0.6) is 0 Å². The predicted octanol–water partition coefficient (Wildman–Crippen LogP) is 1.98. The zero-order valence-electron chi connectivity index (χ0n) is 11.8. The molecule has 1 aromatic heterocycles. The number of benzene rings is 1. The summed E-state index contributed by atoms with van der Waals surface area (Å²) in [5, 5.41) is 3.43. The molecule has 0 saturated carbocycles. The molecular weight excluding hydrogens is 236 g/mol. The van der Waals surface area contributed by atoms with Crippen molar-refractivity contribution in [3.05, 3.63) is 29.1 Å². The number of hydrogen-bond donors (Lipinski definition) is 2. The molecule has 1 aliphatic rings. The summed E-state index contributed by atoms with van der Waals surface area (Å²) in [5.74, 6) is 1.09. The van der Waals surface area contributed by atoms with E-state index in [2.05, 4.69) is 41.2 Å². The molecule has 0 amide bonds. The molecule has 19 heavy (non-hydrogen) atoms. The number of fused-ring (bicyclic) bond motifs is 1. The maximum atomic E-state index is 4.76. The van der Waals surface area contributed by atoms with E-state index >= 15 is 0 Å². The first-order chi connectivity index (χ1) is 9.22. The fraction of sp³-hybridized carbons (Fsp3) is 0.533. The Kier molecular flexibility index (Phi) is 3.53. The van der Waals surface area contributed by atoms with Crippen LogP contribution in [0.4, 0.5) is 0 Å². The molecule has 0 spiro atoms. The Morgan fingerprint density at radius 1 is 1.21 bits per heavy atom. The monoisotopic (exact) mass is 258 g/mol. The minimum atomic E-state index is 0.925. The molecule has 0 unspecified atom stereocenters. The van der Waals surface area contributed by atoms with Crippen LogP contribution in [-0.4, -0.2) is 41.0 Å². The van der Waals surface area contributed by atoms with Crippen molar-refractivity contribution < 1.29 is 0 Å². The van der Waals surface area contributed by atoms with Crippen LogP contribution in [0.3, 0.4) is 0 Å². The van der Waals surface area contributed by atoms with E-state index in [1.54, 1.807) is 0 Å². The van der Waals surface area contributed by atoms with Gasteiger partial charge in [-0.1, -0.05) is 6.07 Å². The van der Waals surface area contributed by atoms with E-state index in [0.717, 1.165) is 44.1 Å². The molecule has 2 heterocycles. The number of imidazole rings is 1. The number of H-pyrrole nitrogens is 1. The maximum absolute atomic E-state index is 4.76. The third-order valence-corrected chi connectivity index (χ3v) is 3.78. The molecule has 0 radical (unpaired) electrons. The van der Waals surface area contributed by atoms with Crippen LogP contribution in [0.2, 0.25) is 0 Å². The highest BCUT2D eigenvalue weighted by atomic mass is 15.2. The first-order valence-corrected chi connectivity index (χ1v) is 7.11. The lowest BCUT2D eigenvalue weighted by atomic mass is 10.1. The maximum Gasteiger partial charge on any atom is 0.121 e. The van der Waals surface area contributed by atoms with E-state index < -0.39 is 0 Å². The first-order valence-electron chi connectivity index (χ1n) is 7.11.